The van der Waals surface area contributed by atoms with E-state index >= 15 is 0 Å². The standard InChI is InChI=1S/C16H21ClN2O2/c1-4-5-18-9-13-8-15(21-19-13)10-20-14-6-11(2)16(17)12(3)7-14/h6-8,18H,4-5,9-10H2,1-3H3. The topological polar surface area (TPSA) is 47.3 Å². The summed E-state index contributed by atoms with van der Waals surface area (Å²) in [6.45, 7) is 8.12. The van der Waals surface area contributed by atoms with E-state index in [1.807, 2.05) is 32.0 Å². The highest BCUT2D eigenvalue weighted by Gasteiger charge is 2.07. The molecule has 0 radical (unpaired) electrons. The van der Waals surface area contributed by atoms with Crippen LogP contribution in [0.1, 0.15) is 35.9 Å². The second kappa shape index (κ2) is 7.48. The zero-order chi connectivity index (χ0) is 15.2. The largest absolute Gasteiger partial charge is 0.486 e. The average molecular weight is 309 g/mol. The summed E-state index contributed by atoms with van der Waals surface area (Å²) >= 11 is 6.14. The van der Waals surface area contributed by atoms with E-state index in [1.165, 1.54) is 0 Å². The van der Waals surface area contributed by atoms with Crippen LogP contribution in [0.5, 0.6) is 5.75 Å². The van der Waals surface area contributed by atoms with Gasteiger partial charge in [0.2, 0.25) is 0 Å². The Labute approximate surface area is 130 Å². The Morgan fingerprint density at radius 2 is 1.95 bits per heavy atom. The summed E-state index contributed by atoms with van der Waals surface area (Å²) in [6, 6.07) is 5.77. The van der Waals surface area contributed by atoms with Crippen molar-refractivity contribution in [2.45, 2.75) is 40.3 Å². The quantitative estimate of drug-likeness (QED) is 0.785. The highest BCUT2D eigenvalue weighted by molar-refractivity contribution is 6.32. The maximum absolute atomic E-state index is 6.14. The first kappa shape index (κ1) is 15.9. The van der Waals surface area contributed by atoms with Gasteiger partial charge in [-0.05, 0) is 50.1 Å². The fraction of sp³-hybridized carbons (Fsp3) is 0.438. The molecular formula is C16H21ClN2O2. The number of hydrogen-bond donors (Lipinski definition) is 1. The second-order valence-corrected chi connectivity index (χ2v) is 5.50. The molecule has 4 nitrogen and oxygen atoms in total. The van der Waals surface area contributed by atoms with Crippen LogP contribution in [0.15, 0.2) is 22.7 Å². The monoisotopic (exact) mass is 308 g/mol. The van der Waals surface area contributed by atoms with Crippen LogP contribution in [-0.4, -0.2) is 11.7 Å². The Balaban J connectivity index is 1.91. The van der Waals surface area contributed by atoms with Gasteiger partial charge in [0, 0.05) is 17.6 Å². The van der Waals surface area contributed by atoms with E-state index in [0.29, 0.717) is 12.4 Å². The lowest BCUT2D eigenvalue weighted by atomic mass is 10.1. The zero-order valence-corrected chi connectivity index (χ0v) is 13.5. The Hall–Kier alpha value is -1.52. The molecule has 21 heavy (non-hydrogen) atoms. The molecule has 0 aliphatic heterocycles. The summed E-state index contributed by atoms with van der Waals surface area (Å²) in [6.07, 6.45) is 1.10. The van der Waals surface area contributed by atoms with Gasteiger partial charge >= 0.3 is 0 Å². The van der Waals surface area contributed by atoms with E-state index in [0.717, 1.165) is 47.1 Å². The Morgan fingerprint density at radius 3 is 2.62 bits per heavy atom. The number of aryl methyl sites for hydroxylation is 2. The lowest BCUT2D eigenvalue weighted by Crippen LogP contribution is -2.13. The number of rotatable bonds is 7. The molecule has 2 aromatic rings. The first-order valence-corrected chi connectivity index (χ1v) is 7.52. The molecule has 0 bridgehead atoms. The van der Waals surface area contributed by atoms with Crippen molar-refractivity contribution < 1.29 is 9.26 Å². The summed E-state index contributed by atoms with van der Waals surface area (Å²) in [5, 5.41) is 8.08. The van der Waals surface area contributed by atoms with Gasteiger partial charge in [-0.2, -0.15) is 0 Å². The van der Waals surface area contributed by atoms with Crippen molar-refractivity contribution in [3.8, 4) is 5.75 Å². The fourth-order valence-corrected chi connectivity index (χ4v) is 2.15. The molecule has 5 heteroatoms. The van der Waals surface area contributed by atoms with Gasteiger partial charge in [0.25, 0.3) is 0 Å². The van der Waals surface area contributed by atoms with Crippen molar-refractivity contribution in [3.63, 3.8) is 0 Å². The number of hydrogen-bond acceptors (Lipinski definition) is 4. The number of nitrogens with zero attached hydrogens (tertiary/aromatic N) is 1. The number of aromatic nitrogens is 1. The van der Waals surface area contributed by atoms with Gasteiger partial charge in [-0.25, -0.2) is 0 Å². The van der Waals surface area contributed by atoms with Crippen LogP contribution < -0.4 is 10.1 Å². The Kier molecular flexibility index (Phi) is 5.65. The molecule has 114 valence electrons. The molecule has 1 heterocycles. The van der Waals surface area contributed by atoms with Gasteiger partial charge in [-0.3, -0.25) is 0 Å². The molecule has 1 aromatic carbocycles. The van der Waals surface area contributed by atoms with Gasteiger partial charge in [0.1, 0.15) is 12.4 Å². The average Bonchev–Trinajstić information content (AvgIpc) is 2.90. The first-order chi connectivity index (χ1) is 10.1. The second-order valence-electron chi connectivity index (χ2n) is 5.12. The van der Waals surface area contributed by atoms with Crippen molar-refractivity contribution in [2.75, 3.05) is 6.54 Å². The van der Waals surface area contributed by atoms with Crippen molar-refractivity contribution in [1.82, 2.24) is 10.5 Å². The molecule has 1 N–H and O–H groups in total. The molecule has 0 fully saturated rings. The maximum Gasteiger partial charge on any atom is 0.174 e. The van der Waals surface area contributed by atoms with Crippen LogP contribution in [-0.2, 0) is 13.2 Å². The van der Waals surface area contributed by atoms with E-state index in [4.69, 9.17) is 20.9 Å². The Morgan fingerprint density at radius 1 is 1.24 bits per heavy atom. The van der Waals surface area contributed by atoms with E-state index in [2.05, 4.69) is 17.4 Å². The summed E-state index contributed by atoms with van der Waals surface area (Å²) in [5.74, 6) is 1.50. The van der Waals surface area contributed by atoms with Gasteiger partial charge in [-0.15, -0.1) is 0 Å². The highest BCUT2D eigenvalue weighted by Crippen LogP contribution is 2.26. The van der Waals surface area contributed by atoms with Crippen molar-refractivity contribution >= 4 is 11.6 Å². The predicted molar refractivity (Wildman–Crippen MR) is 83.8 cm³/mol. The molecule has 0 aliphatic rings. The highest BCUT2D eigenvalue weighted by atomic mass is 35.5. The normalized spacial score (nSPS) is 10.9. The third-order valence-electron chi connectivity index (χ3n) is 3.13. The number of benzene rings is 1. The van der Waals surface area contributed by atoms with E-state index in [1.54, 1.807) is 0 Å². The van der Waals surface area contributed by atoms with Gasteiger partial charge in [0.05, 0.1) is 5.69 Å². The minimum absolute atomic E-state index is 0.362. The van der Waals surface area contributed by atoms with Crippen molar-refractivity contribution in [3.05, 3.63) is 45.8 Å². The van der Waals surface area contributed by atoms with E-state index < -0.39 is 0 Å². The number of halogens is 1. The summed E-state index contributed by atoms with van der Waals surface area (Å²) in [4.78, 5) is 0. The van der Waals surface area contributed by atoms with Gasteiger partial charge in [0.15, 0.2) is 5.76 Å². The Bertz CT molecular complexity index is 573. The molecule has 1 aromatic heterocycles. The van der Waals surface area contributed by atoms with Crippen molar-refractivity contribution in [2.24, 2.45) is 0 Å². The predicted octanol–water partition coefficient (Wildman–Crippen LogP) is 4.02. The lowest BCUT2D eigenvalue weighted by Gasteiger charge is -2.08. The number of ether oxygens (including phenoxy) is 1. The summed E-state index contributed by atoms with van der Waals surface area (Å²) in [7, 11) is 0. The summed E-state index contributed by atoms with van der Waals surface area (Å²) < 4.78 is 11.0. The number of nitrogens with one attached hydrogen (secondary N) is 1. The lowest BCUT2D eigenvalue weighted by molar-refractivity contribution is 0.248. The molecule has 0 unspecified atom stereocenters. The molecule has 0 spiro atoms. The maximum atomic E-state index is 6.14. The molecule has 0 saturated heterocycles. The SMILES string of the molecule is CCCNCc1cc(COc2cc(C)c(Cl)c(C)c2)on1. The fourth-order valence-electron chi connectivity index (χ4n) is 2.04. The zero-order valence-electron chi connectivity index (χ0n) is 12.7. The van der Waals surface area contributed by atoms with Gasteiger partial charge in [-0.1, -0.05) is 23.7 Å². The minimum atomic E-state index is 0.362. The molecule has 0 amide bonds. The molecule has 0 saturated carbocycles. The van der Waals surface area contributed by atoms with Crippen LogP contribution in [0.3, 0.4) is 0 Å². The third kappa shape index (κ3) is 4.48. The third-order valence-corrected chi connectivity index (χ3v) is 3.73. The van der Waals surface area contributed by atoms with E-state index in [9.17, 15) is 0 Å². The molecule has 2 rings (SSSR count). The van der Waals surface area contributed by atoms with Crippen LogP contribution in [0.4, 0.5) is 0 Å². The van der Waals surface area contributed by atoms with E-state index in [-0.39, 0.29) is 0 Å². The van der Waals surface area contributed by atoms with Gasteiger partial charge < -0.3 is 14.6 Å². The van der Waals surface area contributed by atoms with Crippen LogP contribution in [0.2, 0.25) is 5.02 Å². The summed E-state index contributed by atoms with van der Waals surface area (Å²) in [5.41, 5.74) is 2.91. The van der Waals surface area contributed by atoms with Crippen LogP contribution >= 0.6 is 11.6 Å². The molecule has 0 atom stereocenters. The van der Waals surface area contributed by atoms with Crippen LogP contribution in [0.25, 0.3) is 0 Å². The molecule has 0 aliphatic carbocycles. The first-order valence-electron chi connectivity index (χ1n) is 7.15. The van der Waals surface area contributed by atoms with Crippen LogP contribution in [0, 0.1) is 13.8 Å². The minimum Gasteiger partial charge on any atom is -0.486 e. The smallest absolute Gasteiger partial charge is 0.174 e. The molecular weight excluding hydrogens is 288 g/mol. The van der Waals surface area contributed by atoms with Crippen molar-refractivity contribution in [1.29, 1.82) is 0 Å².